The number of hydrogen-bond donors (Lipinski definition) is 1. The van der Waals surface area contributed by atoms with Gasteiger partial charge in [-0.3, -0.25) is 4.98 Å². The van der Waals surface area contributed by atoms with E-state index >= 15 is 0 Å². The molecule has 0 radical (unpaired) electrons. The molecule has 1 unspecified atom stereocenters. The Morgan fingerprint density at radius 3 is 2.84 bits per heavy atom. The van der Waals surface area contributed by atoms with Crippen LogP contribution >= 0.6 is 0 Å². The highest BCUT2D eigenvalue weighted by molar-refractivity contribution is 5.84. The minimum atomic E-state index is 0.189. The lowest BCUT2D eigenvalue weighted by molar-refractivity contribution is 0.137. The highest BCUT2D eigenvalue weighted by Crippen LogP contribution is 2.22. The van der Waals surface area contributed by atoms with Crippen LogP contribution in [-0.4, -0.2) is 37.9 Å². The third-order valence-electron chi connectivity index (χ3n) is 2.90. The van der Waals surface area contributed by atoms with Crippen LogP contribution in [0.5, 0.6) is 5.75 Å². The van der Waals surface area contributed by atoms with E-state index in [2.05, 4.69) is 17.2 Å². The molecule has 4 heteroatoms. The van der Waals surface area contributed by atoms with E-state index in [4.69, 9.17) is 9.47 Å². The highest BCUT2D eigenvalue weighted by Gasteiger charge is 2.09. The van der Waals surface area contributed by atoms with E-state index in [0.29, 0.717) is 13.2 Å². The molecule has 1 N–H and O–H groups in total. The third-order valence-corrected chi connectivity index (χ3v) is 2.90. The van der Waals surface area contributed by atoms with Crippen LogP contribution in [0, 0.1) is 0 Å². The lowest BCUT2D eigenvalue weighted by atomic mass is 10.2. The summed E-state index contributed by atoms with van der Waals surface area (Å²) in [5.74, 6) is 0.817. The maximum atomic E-state index is 5.88. The fourth-order valence-corrected chi connectivity index (χ4v) is 2.04. The van der Waals surface area contributed by atoms with Crippen molar-refractivity contribution in [1.82, 2.24) is 10.3 Å². The van der Waals surface area contributed by atoms with Crippen LogP contribution < -0.4 is 10.1 Å². The van der Waals surface area contributed by atoms with Crippen molar-refractivity contribution in [3.05, 3.63) is 36.5 Å². The summed E-state index contributed by atoms with van der Waals surface area (Å²) in [6, 6.07) is 10.1. The molecule has 4 nitrogen and oxygen atoms in total. The summed E-state index contributed by atoms with van der Waals surface area (Å²) in [5, 5.41) is 4.42. The quantitative estimate of drug-likeness (QED) is 0.829. The fourth-order valence-electron chi connectivity index (χ4n) is 2.04. The van der Waals surface area contributed by atoms with Crippen molar-refractivity contribution >= 4 is 10.9 Å². The lowest BCUT2D eigenvalue weighted by Gasteiger charge is -2.18. The van der Waals surface area contributed by atoms with Crippen LogP contribution in [0.1, 0.15) is 6.92 Å². The Balaban J connectivity index is 2.08. The molecule has 1 heterocycles. The van der Waals surface area contributed by atoms with E-state index in [1.54, 1.807) is 13.3 Å². The monoisotopic (exact) mass is 260 g/mol. The molecule has 19 heavy (non-hydrogen) atoms. The van der Waals surface area contributed by atoms with Crippen molar-refractivity contribution in [2.45, 2.75) is 13.0 Å². The second-order valence-electron chi connectivity index (χ2n) is 4.35. The second kappa shape index (κ2) is 7.07. The molecule has 0 amide bonds. The van der Waals surface area contributed by atoms with Gasteiger partial charge in [-0.1, -0.05) is 25.1 Å². The van der Waals surface area contributed by atoms with Crippen LogP contribution in [0.4, 0.5) is 0 Å². The van der Waals surface area contributed by atoms with Crippen LogP contribution in [0.25, 0.3) is 10.9 Å². The Morgan fingerprint density at radius 1 is 1.21 bits per heavy atom. The van der Waals surface area contributed by atoms with Crippen LogP contribution in [0.3, 0.4) is 0 Å². The lowest BCUT2D eigenvalue weighted by Crippen LogP contribution is -2.38. The number of hydrogen-bond acceptors (Lipinski definition) is 4. The number of pyridine rings is 1. The van der Waals surface area contributed by atoms with Gasteiger partial charge in [0.2, 0.25) is 0 Å². The SMILES string of the molecule is CCNC(COC)COc1cccc2cccnc12. The first-order chi connectivity index (χ1) is 9.35. The molecule has 1 atom stereocenters. The van der Waals surface area contributed by atoms with Gasteiger partial charge in [0.1, 0.15) is 17.9 Å². The summed E-state index contributed by atoms with van der Waals surface area (Å²) in [6.45, 7) is 4.16. The van der Waals surface area contributed by atoms with E-state index in [1.165, 1.54) is 0 Å². The first-order valence-electron chi connectivity index (χ1n) is 6.54. The molecule has 2 rings (SSSR count). The number of nitrogens with one attached hydrogen (secondary N) is 1. The van der Waals surface area contributed by atoms with Gasteiger partial charge in [0, 0.05) is 18.7 Å². The Hall–Kier alpha value is -1.65. The molecule has 0 saturated carbocycles. The summed E-state index contributed by atoms with van der Waals surface area (Å²) in [7, 11) is 1.70. The summed E-state index contributed by atoms with van der Waals surface area (Å²) >= 11 is 0. The van der Waals surface area contributed by atoms with E-state index in [9.17, 15) is 0 Å². The Labute approximate surface area is 113 Å². The van der Waals surface area contributed by atoms with Crippen LogP contribution in [0.15, 0.2) is 36.5 Å². The number of para-hydroxylation sites is 1. The molecule has 1 aromatic carbocycles. The first kappa shape index (κ1) is 13.8. The van der Waals surface area contributed by atoms with Crippen molar-refractivity contribution in [3.8, 4) is 5.75 Å². The molecular weight excluding hydrogens is 240 g/mol. The number of benzene rings is 1. The predicted molar refractivity (Wildman–Crippen MR) is 76.6 cm³/mol. The average molecular weight is 260 g/mol. The molecule has 0 fully saturated rings. The van der Waals surface area contributed by atoms with Crippen molar-refractivity contribution in [3.63, 3.8) is 0 Å². The number of likely N-dealkylation sites (N-methyl/N-ethyl adjacent to an activating group) is 1. The molecule has 0 spiro atoms. The molecule has 0 aliphatic carbocycles. The fraction of sp³-hybridized carbons (Fsp3) is 0.400. The van der Waals surface area contributed by atoms with Gasteiger partial charge in [-0.25, -0.2) is 0 Å². The van der Waals surface area contributed by atoms with Gasteiger partial charge in [0.05, 0.1) is 12.6 Å². The number of methoxy groups -OCH3 is 1. The van der Waals surface area contributed by atoms with Gasteiger partial charge >= 0.3 is 0 Å². The minimum absolute atomic E-state index is 0.189. The van der Waals surface area contributed by atoms with E-state index in [0.717, 1.165) is 23.2 Å². The number of rotatable bonds is 7. The van der Waals surface area contributed by atoms with Crippen molar-refractivity contribution in [2.24, 2.45) is 0 Å². The van der Waals surface area contributed by atoms with Gasteiger partial charge in [-0.15, -0.1) is 0 Å². The van der Waals surface area contributed by atoms with Gasteiger partial charge < -0.3 is 14.8 Å². The van der Waals surface area contributed by atoms with Crippen molar-refractivity contribution in [1.29, 1.82) is 0 Å². The summed E-state index contributed by atoms with van der Waals surface area (Å²) in [6.07, 6.45) is 1.78. The number of ether oxygens (including phenoxy) is 2. The third kappa shape index (κ3) is 3.66. The molecular formula is C15H20N2O2. The van der Waals surface area contributed by atoms with Crippen LogP contribution in [0.2, 0.25) is 0 Å². The first-order valence-corrected chi connectivity index (χ1v) is 6.54. The van der Waals surface area contributed by atoms with Gasteiger partial charge in [0.25, 0.3) is 0 Å². The summed E-state index contributed by atoms with van der Waals surface area (Å²) < 4.78 is 11.1. The average Bonchev–Trinajstić information content (AvgIpc) is 2.45. The number of nitrogens with zero attached hydrogens (tertiary/aromatic N) is 1. The zero-order chi connectivity index (χ0) is 13.5. The molecule has 0 aliphatic rings. The van der Waals surface area contributed by atoms with E-state index in [1.807, 2.05) is 30.3 Å². The number of fused-ring (bicyclic) bond motifs is 1. The molecule has 1 aromatic heterocycles. The van der Waals surface area contributed by atoms with Crippen molar-refractivity contribution < 1.29 is 9.47 Å². The standard InChI is InChI=1S/C15H20N2O2/c1-3-16-13(10-18-2)11-19-14-8-4-6-12-7-5-9-17-15(12)14/h4-9,13,16H,3,10-11H2,1-2H3. The largest absolute Gasteiger partial charge is 0.490 e. The zero-order valence-electron chi connectivity index (χ0n) is 11.4. The molecule has 0 aliphatic heterocycles. The Kier molecular flexibility index (Phi) is 5.12. The van der Waals surface area contributed by atoms with Gasteiger partial charge in [0.15, 0.2) is 0 Å². The normalized spacial score (nSPS) is 12.5. The molecule has 102 valence electrons. The Bertz CT molecular complexity index is 505. The topological polar surface area (TPSA) is 43.4 Å². The van der Waals surface area contributed by atoms with E-state index < -0.39 is 0 Å². The van der Waals surface area contributed by atoms with Gasteiger partial charge in [-0.2, -0.15) is 0 Å². The predicted octanol–water partition coefficient (Wildman–Crippen LogP) is 2.24. The second-order valence-corrected chi connectivity index (χ2v) is 4.35. The maximum absolute atomic E-state index is 5.88. The summed E-state index contributed by atoms with van der Waals surface area (Å²) in [4.78, 5) is 4.37. The highest BCUT2D eigenvalue weighted by atomic mass is 16.5. The Morgan fingerprint density at radius 2 is 2.05 bits per heavy atom. The van der Waals surface area contributed by atoms with Crippen LogP contribution in [-0.2, 0) is 4.74 Å². The van der Waals surface area contributed by atoms with E-state index in [-0.39, 0.29) is 6.04 Å². The zero-order valence-corrected chi connectivity index (χ0v) is 11.4. The summed E-state index contributed by atoms with van der Waals surface area (Å²) in [5.41, 5.74) is 0.901. The van der Waals surface area contributed by atoms with Crippen molar-refractivity contribution in [2.75, 3.05) is 26.9 Å². The minimum Gasteiger partial charge on any atom is -0.490 e. The smallest absolute Gasteiger partial charge is 0.145 e. The molecule has 2 aromatic rings. The molecule has 0 saturated heterocycles. The van der Waals surface area contributed by atoms with Gasteiger partial charge in [-0.05, 0) is 18.7 Å². The number of aromatic nitrogens is 1. The maximum Gasteiger partial charge on any atom is 0.145 e. The molecule has 0 bridgehead atoms.